The van der Waals surface area contributed by atoms with E-state index in [-0.39, 0.29) is 34.1 Å². The van der Waals surface area contributed by atoms with Gasteiger partial charge in [-0.15, -0.1) is 0 Å². The summed E-state index contributed by atoms with van der Waals surface area (Å²) in [4.78, 5) is 35.0. The molecule has 0 saturated carbocycles. The highest BCUT2D eigenvalue weighted by Crippen LogP contribution is 2.52. The molecule has 5 aromatic rings. The molecule has 0 unspecified atom stereocenters. The SMILES string of the molecule is O=C(Cn1nc(C(F)F)c2c1C(F)(F)CCC2(F)F)NC[C@@H](Cc1cc(F)cc(F)c1)c1nc(C#Cc2ccccc2)ncc1-c1ccc2c(c1)C(=O)NC2. The van der Waals surface area contributed by atoms with Crippen LogP contribution in [0, 0.1) is 23.5 Å². The molecule has 1 aliphatic carbocycles. The van der Waals surface area contributed by atoms with Crippen molar-refractivity contribution in [3.8, 4) is 23.0 Å². The van der Waals surface area contributed by atoms with Crippen LogP contribution in [0.5, 0.6) is 0 Å². The quantitative estimate of drug-likeness (QED) is 0.121. The Labute approximate surface area is 308 Å². The third-order valence-electron chi connectivity index (χ3n) is 9.30. The van der Waals surface area contributed by atoms with E-state index in [2.05, 4.69) is 37.5 Å². The highest BCUT2D eigenvalue weighted by Gasteiger charge is 2.55. The molecule has 7 rings (SSSR count). The van der Waals surface area contributed by atoms with E-state index in [1.54, 1.807) is 48.5 Å². The molecule has 282 valence electrons. The van der Waals surface area contributed by atoms with Crippen molar-refractivity contribution < 1.29 is 44.7 Å². The lowest BCUT2D eigenvalue weighted by atomic mass is 9.89. The number of carbonyl (C=O) groups excluding carboxylic acids is 2. The van der Waals surface area contributed by atoms with Crippen LogP contribution in [0.3, 0.4) is 0 Å². The molecule has 3 heterocycles. The number of amides is 2. The van der Waals surface area contributed by atoms with Gasteiger partial charge in [-0.05, 0) is 59.4 Å². The molecule has 2 amide bonds. The number of carbonyl (C=O) groups is 2. The first kappa shape index (κ1) is 37.2. The van der Waals surface area contributed by atoms with E-state index in [1.807, 2.05) is 0 Å². The standard InChI is InChI=1S/C39H28F8N6O2/c40-26-13-22(14-27(41)16-26)12-25(18-49-31(54)20-53-35-32(34(52-53)36(42)43)38(44,45)10-11-39(35,46)47)33-29(23-7-8-24-17-50-37(55)28(24)15-23)19-48-30(51-33)9-6-21-4-2-1-3-5-21/h1-5,7-8,13-16,19,25,36H,10-12,17-18,20H2,(H,49,54)(H,50,55)/t25-/m1/s1. The van der Waals surface area contributed by atoms with Crippen molar-refractivity contribution in [1.29, 1.82) is 0 Å². The normalized spacial score (nSPS) is 15.8. The van der Waals surface area contributed by atoms with Crippen molar-refractivity contribution in [1.82, 2.24) is 30.4 Å². The van der Waals surface area contributed by atoms with Gasteiger partial charge in [0, 0.05) is 60.8 Å². The topological polar surface area (TPSA) is 102 Å². The van der Waals surface area contributed by atoms with E-state index in [1.165, 1.54) is 6.20 Å². The summed E-state index contributed by atoms with van der Waals surface area (Å²) in [6.07, 6.45) is -5.11. The summed E-state index contributed by atoms with van der Waals surface area (Å²) in [6.45, 7) is -1.21. The molecule has 0 fully saturated rings. The molecular formula is C39H28F8N6O2. The third kappa shape index (κ3) is 7.78. The summed E-state index contributed by atoms with van der Waals surface area (Å²) >= 11 is 0. The summed E-state index contributed by atoms with van der Waals surface area (Å²) < 4.78 is 116. The molecule has 8 nitrogen and oxygen atoms in total. The van der Waals surface area contributed by atoms with Crippen molar-refractivity contribution in [3.63, 3.8) is 0 Å². The van der Waals surface area contributed by atoms with Crippen LogP contribution in [0.25, 0.3) is 11.1 Å². The number of nitrogens with zero attached hydrogens (tertiary/aromatic N) is 4. The molecule has 0 bridgehead atoms. The first-order valence-electron chi connectivity index (χ1n) is 16.9. The van der Waals surface area contributed by atoms with E-state index in [9.17, 15) is 35.9 Å². The Bertz CT molecular complexity index is 2350. The Morgan fingerprint density at radius 2 is 1.64 bits per heavy atom. The number of hydrogen-bond donors (Lipinski definition) is 2. The zero-order chi connectivity index (χ0) is 39.1. The van der Waals surface area contributed by atoms with Crippen molar-refractivity contribution in [2.24, 2.45) is 0 Å². The fourth-order valence-corrected chi connectivity index (χ4v) is 6.76. The zero-order valence-corrected chi connectivity index (χ0v) is 28.5. The summed E-state index contributed by atoms with van der Waals surface area (Å²) in [5.74, 6) is -6.32. The van der Waals surface area contributed by atoms with Gasteiger partial charge in [-0.3, -0.25) is 14.3 Å². The van der Waals surface area contributed by atoms with Gasteiger partial charge < -0.3 is 10.6 Å². The fraction of sp³-hybridized carbons (Fsp3) is 0.256. The van der Waals surface area contributed by atoms with Crippen LogP contribution in [-0.2, 0) is 36.1 Å². The molecule has 0 spiro atoms. The molecule has 0 radical (unpaired) electrons. The van der Waals surface area contributed by atoms with Gasteiger partial charge in [0.15, 0.2) is 0 Å². The van der Waals surface area contributed by atoms with E-state index in [4.69, 9.17) is 0 Å². The summed E-state index contributed by atoms with van der Waals surface area (Å²) in [5.41, 5.74) is -1.68. The first-order valence-corrected chi connectivity index (χ1v) is 16.9. The summed E-state index contributed by atoms with van der Waals surface area (Å²) in [6, 6.07) is 16.7. The lowest BCUT2D eigenvalue weighted by Crippen LogP contribution is -2.36. The smallest absolute Gasteiger partial charge is 0.290 e. The van der Waals surface area contributed by atoms with Crippen molar-refractivity contribution in [2.45, 2.75) is 56.5 Å². The Morgan fingerprint density at radius 1 is 0.909 bits per heavy atom. The molecule has 1 aliphatic heterocycles. The molecule has 3 aromatic carbocycles. The summed E-state index contributed by atoms with van der Waals surface area (Å²) in [7, 11) is 0. The van der Waals surface area contributed by atoms with Gasteiger partial charge >= 0.3 is 0 Å². The number of nitrogens with one attached hydrogen (secondary N) is 2. The molecule has 2 aliphatic rings. The van der Waals surface area contributed by atoms with Gasteiger partial charge in [-0.25, -0.2) is 36.3 Å². The molecule has 55 heavy (non-hydrogen) atoms. The minimum atomic E-state index is -4.04. The van der Waals surface area contributed by atoms with Gasteiger partial charge in [0.05, 0.1) is 11.3 Å². The average Bonchev–Trinajstić information content (AvgIpc) is 3.73. The number of rotatable bonds is 9. The van der Waals surface area contributed by atoms with Gasteiger partial charge in [0.2, 0.25) is 11.7 Å². The van der Waals surface area contributed by atoms with E-state index < -0.39 is 84.6 Å². The van der Waals surface area contributed by atoms with Crippen molar-refractivity contribution in [3.05, 3.63) is 135 Å². The average molecular weight is 765 g/mol. The highest BCUT2D eigenvalue weighted by molar-refractivity contribution is 5.99. The van der Waals surface area contributed by atoms with Crippen LogP contribution in [-0.4, -0.2) is 38.1 Å². The van der Waals surface area contributed by atoms with Gasteiger partial charge in [0.25, 0.3) is 24.2 Å². The lowest BCUT2D eigenvalue weighted by molar-refractivity contribution is -0.123. The monoisotopic (exact) mass is 764 g/mol. The predicted molar refractivity (Wildman–Crippen MR) is 181 cm³/mol. The summed E-state index contributed by atoms with van der Waals surface area (Å²) in [5, 5.41) is 8.57. The first-order chi connectivity index (χ1) is 26.2. The number of aromatic nitrogens is 4. The molecule has 16 heteroatoms. The van der Waals surface area contributed by atoms with Crippen LogP contribution < -0.4 is 10.6 Å². The molecular weight excluding hydrogens is 736 g/mol. The largest absolute Gasteiger partial charge is 0.354 e. The highest BCUT2D eigenvalue weighted by atomic mass is 19.3. The van der Waals surface area contributed by atoms with Crippen molar-refractivity contribution >= 4 is 11.8 Å². The minimum Gasteiger partial charge on any atom is -0.354 e. The van der Waals surface area contributed by atoms with E-state index >= 15 is 8.78 Å². The lowest BCUT2D eigenvalue weighted by Gasteiger charge is -2.29. The third-order valence-corrected chi connectivity index (χ3v) is 9.30. The molecule has 0 saturated heterocycles. The number of fused-ring (bicyclic) bond motifs is 2. The second-order valence-electron chi connectivity index (χ2n) is 13.1. The number of hydrogen-bond acceptors (Lipinski definition) is 5. The van der Waals surface area contributed by atoms with Crippen LogP contribution in [0.1, 0.15) is 80.7 Å². The minimum absolute atomic E-state index is 0.0223. The van der Waals surface area contributed by atoms with Crippen LogP contribution in [0.2, 0.25) is 0 Å². The molecule has 1 atom stereocenters. The van der Waals surface area contributed by atoms with Gasteiger partial charge in [-0.2, -0.15) is 13.9 Å². The van der Waals surface area contributed by atoms with Gasteiger partial charge in [0.1, 0.15) is 29.6 Å². The Balaban J connectivity index is 1.28. The predicted octanol–water partition coefficient (Wildman–Crippen LogP) is 7.32. The van der Waals surface area contributed by atoms with Crippen LogP contribution in [0.15, 0.2) is 72.9 Å². The molecule has 2 aromatic heterocycles. The maximum absolute atomic E-state index is 15.0. The van der Waals surface area contributed by atoms with Crippen molar-refractivity contribution in [2.75, 3.05) is 6.54 Å². The van der Waals surface area contributed by atoms with E-state index in [0.29, 0.717) is 34.9 Å². The van der Waals surface area contributed by atoms with Crippen LogP contribution >= 0.6 is 0 Å². The fourth-order valence-electron chi connectivity index (χ4n) is 6.76. The second-order valence-corrected chi connectivity index (χ2v) is 13.1. The maximum Gasteiger partial charge on any atom is 0.290 e. The van der Waals surface area contributed by atoms with Gasteiger partial charge in [-0.1, -0.05) is 36.3 Å². The Morgan fingerprint density at radius 3 is 2.36 bits per heavy atom. The Kier molecular flexibility index (Phi) is 9.89. The number of benzene rings is 3. The van der Waals surface area contributed by atoms with E-state index in [0.717, 1.165) is 17.7 Å². The second kappa shape index (κ2) is 14.6. The van der Waals surface area contributed by atoms with Crippen LogP contribution in [0.4, 0.5) is 35.1 Å². The maximum atomic E-state index is 15.0. The Hall–Kier alpha value is -6.11. The number of halogens is 8. The zero-order valence-electron chi connectivity index (χ0n) is 28.5. The molecule has 2 N–H and O–H groups in total. The number of alkyl halides is 6.